The Kier molecular flexibility index (Phi) is 9.08. The minimum atomic E-state index is -0.442. The highest BCUT2D eigenvalue weighted by molar-refractivity contribution is 5.85. The third-order valence-electron chi connectivity index (χ3n) is 3.73. The van der Waals surface area contributed by atoms with Crippen molar-refractivity contribution in [2.75, 3.05) is 26.4 Å². The van der Waals surface area contributed by atoms with Crippen LogP contribution < -0.4 is 11.1 Å². The standard InChI is InChI=1S/C16H24N2O3.ClH/c17-15(14-6-9-20-10-7-14)16(19)18-8-11-21-12-13-4-2-1-3-5-13;/h1-5,14-15H,6-12,17H2,(H,18,19);1H. The van der Waals surface area contributed by atoms with E-state index in [0.717, 1.165) is 18.4 Å². The summed E-state index contributed by atoms with van der Waals surface area (Å²) < 4.78 is 10.8. The Morgan fingerprint density at radius 1 is 1.32 bits per heavy atom. The third-order valence-corrected chi connectivity index (χ3v) is 3.73. The molecule has 2 rings (SSSR count). The van der Waals surface area contributed by atoms with Gasteiger partial charge in [0.15, 0.2) is 0 Å². The van der Waals surface area contributed by atoms with E-state index in [2.05, 4.69) is 5.32 Å². The van der Waals surface area contributed by atoms with Crippen LogP contribution in [0.15, 0.2) is 30.3 Å². The first-order valence-electron chi connectivity index (χ1n) is 7.50. The molecule has 1 heterocycles. The zero-order valence-electron chi connectivity index (χ0n) is 12.7. The minimum Gasteiger partial charge on any atom is -0.381 e. The Morgan fingerprint density at radius 3 is 2.68 bits per heavy atom. The smallest absolute Gasteiger partial charge is 0.237 e. The molecule has 3 N–H and O–H groups in total. The number of nitrogens with one attached hydrogen (secondary N) is 1. The van der Waals surface area contributed by atoms with Crippen LogP contribution in [0.3, 0.4) is 0 Å². The number of hydrogen-bond acceptors (Lipinski definition) is 4. The van der Waals surface area contributed by atoms with E-state index in [4.69, 9.17) is 15.2 Å². The summed E-state index contributed by atoms with van der Waals surface area (Å²) in [6, 6.07) is 9.52. The van der Waals surface area contributed by atoms with Crippen molar-refractivity contribution >= 4 is 18.3 Å². The maximum absolute atomic E-state index is 11.9. The van der Waals surface area contributed by atoms with Gasteiger partial charge in [-0.25, -0.2) is 0 Å². The lowest BCUT2D eigenvalue weighted by atomic mass is 9.92. The number of rotatable bonds is 7. The first-order chi connectivity index (χ1) is 10.3. The van der Waals surface area contributed by atoms with Gasteiger partial charge >= 0.3 is 0 Å². The van der Waals surface area contributed by atoms with Crippen molar-refractivity contribution in [3.8, 4) is 0 Å². The van der Waals surface area contributed by atoms with Gasteiger partial charge in [-0.15, -0.1) is 12.4 Å². The summed E-state index contributed by atoms with van der Waals surface area (Å²) in [5.74, 6) is 0.134. The van der Waals surface area contributed by atoms with E-state index in [1.807, 2.05) is 30.3 Å². The molecular weight excluding hydrogens is 304 g/mol. The maximum Gasteiger partial charge on any atom is 0.237 e. The zero-order valence-corrected chi connectivity index (χ0v) is 13.5. The van der Waals surface area contributed by atoms with Gasteiger partial charge in [0.05, 0.1) is 19.3 Å². The SMILES string of the molecule is Cl.NC(C(=O)NCCOCc1ccccc1)C1CCOCC1. The molecule has 22 heavy (non-hydrogen) atoms. The number of benzene rings is 1. The molecule has 1 atom stereocenters. The highest BCUT2D eigenvalue weighted by Gasteiger charge is 2.26. The molecule has 1 unspecified atom stereocenters. The van der Waals surface area contributed by atoms with Crippen LogP contribution in [0.1, 0.15) is 18.4 Å². The van der Waals surface area contributed by atoms with Crippen LogP contribution >= 0.6 is 12.4 Å². The number of amides is 1. The maximum atomic E-state index is 11.9. The number of carbonyl (C=O) groups is 1. The van der Waals surface area contributed by atoms with Crippen LogP contribution in [0.25, 0.3) is 0 Å². The molecule has 0 bridgehead atoms. The van der Waals surface area contributed by atoms with Crippen LogP contribution in [0.5, 0.6) is 0 Å². The van der Waals surface area contributed by atoms with Gasteiger partial charge < -0.3 is 20.5 Å². The average molecular weight is 329 g/mol. The van der Waals surface area contributed by atoms with E-state index in [1.54, 1.807) is 0 Å². The van der Waals surface area contributed by atoms with Gasteiger partial charge in [-0.3, -0.25) is 4.79 Å². The van der Waals surface area contributed by atoms with Crippen molar-refractivity contribution in [3.63, 3.8) is 0 Å². The predicted octanol–water partition coefficient (Wildman–Crippen LogP) is 1.50. The lowest BCUT2D eigenvalue weighted by molar-refractivity contribution is -0.124. The zero-order chi connectivity index (χ0) is 14.9. The van der Waals surface area contributed by atoms with E-state index < -0.39 is 6.04 Å². The first kappa shape index (κ1) is 18.9. The Morgan fingerprint density at radius 2 is 2.00 bits per heavy atom. The van der Waals surface area contributed by atoms with Crippen LogP contribution in [-0.4, -0.2) is 38.3 Å². The van der Waals surface area contributed by atoms with Crippen molar-refractivity contribution in [2.24, 2.45) is 11.7 Å². The summed E-state index contributed by atoms with van der Waals surface area (Å²) in [7, 11) is 0. The van der Waals surface area contributed by atoms with Gasteiger partial charge in [0, 0.05) is 19.8 Å². The fraction of sp³-hybridized carbons (Fsp3) is 0.562. The van der Waals surface area contributed by atoms with Gasteiger partial charge in [-0.1, -0.05) is 30.3 Å². The molecule has 1 fully saturated rings. The Hall–Kier alpha value is -1.14. The Labute approximate surface area is 138 Å². The number of nitrogens with two attached hydrogens (primary N) is 1. The summed E-state index contributed by atoms with van der Waals surface area (Å²) in [5.41, 5.74) is 7.12. The summed E-state index contributed by atoms with van der Waals surface area (Å²) >= 11 is 0. The second-order valence-corrected chi connectivity index (χ2v) is 5.30. The molecule has 0 saturated carbocycles. The third kappa shape index (κ3) is 6.32. The fourth-order valence-electron chi connectivity index (χ4n) is 2.42. The minimum absolute atomic E-state index is 0. The molecule has 1 aliphatic heterocycles. The quantitative estimate of drug-likeness (QED) is 0.744. The van der Waals surface area contributed by atoms with E-state index in [-0.39, 0.29) is 24.2 Å². The molecule has 6 heteroatoms. The molecule has 124 valence electrons. The van der Waals surface area contributed by atoms with E-state index in [9.17, 15) is 4.79 Å². The second kappa shape index (κ2) is 10.6. The summed E-state index contributed by atoms with van der Waals surface area (Å²) in [6.45, 7) is 2.93. The van der Waals surface area contributed by atoms with Gasteiger partial charge in [0.2, 0.25) is 5.91 Å². The van der Waals surface area contributed by atoms with E-state index in [0.29, 0.717) is 33.0 Å². The van der Waals surface area contributed by atoms with Crippen LogP contribution in [0.4, 0.5) is 0 Å². The van der Waals surface area contributed by atoms with E-state index >= 15 is 0 Å². The van der Waals surface area contributed by atoms with Gasteiger partial charge in [-0.2, -0.15) is 0 Å². The van der Waals surface area contributed by atoms with Crippen molar-refractivity contribution in [1.29, 1.82) is 0 Å². The molecule has 1 amide bonds. The molecule has 0 aliphatic carbocycles. The van der Waals surface area contributed by atoms with Crippen molar-refractivity contribution in [2.45, 2.75) is 25.5 Å². The van der Waals surface area contributed by atoms with Gasteiger partial charge in [0.1, 0.15) is 0 Å². The summed E-state index contributed by atoms with van der Waals surface area (Å²) in [6.07, 6.45) is 1.72. The van der Waals surface area contributed by atoms with E-state index in [1.165, 1.54) is 0 Å². The topological polar surface area (TPSA) is 73.6 Å². The van der Waals surface area contributed by atoms with Crippen LogP contribution in [0, 0.1) is 5.92 Å². The second-order valence-electron chi connectivity index (χ2n) is 5.30. The van der Waals surface area contributed by atoms with Crippen LogP contribution in [0.2, 0.25) is 0 Å². The normalized spacial score (nSPS) is 16.6. The highest BCUT2D eigenvalue weighted by Crippen LogP contribution is 2.17. The average Bonchev–Trinajstić information content (AvgIpc) is 2.55. The number of halogens is 1. The Balaban J connectivity index is 0.00000242. The lowest BCUT2D eigenvalue weighted by Crippen LogP contribution is -2.47. The van der Waals surface area contributed by atoms with Crippen molar-refractivity contribution in [1.82, 2.24) is 5.32 Å². The molecule has 1 aromatic carbocycles. The lowest BCUT2D eigenvalue weighted by Gasteiger charge is -2.26. The molecule has 0 spiro atoms. The number of carbonyl (C=O) groups excluding carboxylic acids is 1. The van der Waals surface area contributed by atoms with Crippen molar-refractivity contribution < 1.29 is 14.3 Å². The van der Waals surface area contributed by atoms with Gasteiger partial charge in [0.25, 0.3) is 0 Å². The fourth-order valence-corrected chi connectivity index (χ4v) is 2.42. The number of hydrogen-bond donors (Lipinski definition) is 2. The molecule has 1 saturated heterocycles. The van der Waals surface area contributed by atoms with Gasteiger partial charge in [-0.05, 0) is 24.3 Å². The molecule has 0 radical (unpaired) electrons. The van der Waals surface area contributed by atoms with Crippen LogP contribution in [-0.2, 0) is 20.9 Å². The molecular formula is C16H25ClN2O3. The highest BCUT2D eigenvalue weighted by atomic mass is 35.5. The molecule has 0 aromatic heterocycles. The number of ether oxygens (including phenoxy) is 2. The largest absolute Gasteiger partial charge is 0.381 e. The van der Waals surface area contributed by atoms with Crippen molar-refractivity contribution in [3.05, 3.63) is 35.9 Å². The molecule has 5 nitrogen and oxygen atoms in total. The molecule has 1 aliphatic rings. The predicted molar refractivity (Wildman–Crippen MR) is 87.9 cm³/mol. The summed E-state index contributed by atoms with van der Waals surface area (Å²) in [5, 5.41) is 2.84. The summed E-state index contributed by atoms with van der Waals surface area (Å²) in [4.78, 5) is 11.9. The Bertz CT molecular complexity index is 425. The first-order valence-corrected chi connectivity index (χ1v) is 7.50. The molecule has 1 aromatic rings. The monoisotopic (exact) mass is 328 g/mol.